The summed E-state index contributed by atoms with van der Waals surface area (Å²) in [5.41, 5.74) is 0.338. The third kappa shape index (κ3) is 4.46. The van der Waals surface area contributed by atoms with E-state index in [0.717, 1.165) is 6.20 Å². The summed E-state index contributed by atoms with van der Waals surface area (Å²) in [6, 6.07) is 5.92. The predicted molar refractivity (Wildman–Crippen MR) is 83.3 cm³/mol. The Balaban J connectivity index is 2.22. The van der Waals surface area contributed by atoms with Crippen molar-refractivity contribution in [3.63, 3.8) is 0 Å². The number of halogens is 4. The number of hydrogen-bond acceptors (Lipinski definition) is 3. The maximum atomic E-state index is 13.5. The molecule has 0 fully saturated rings. The molecule has 0 bridgehead atoms. The number of hydrogen-bond donors (Lipinski definition) is 1. The zero-order chi connectivity index (χ0) is 17.7. The highest BCUT2D eigenvalue weighted by molar-refractivity contribution is 6.28. The van der Waals surface area contributed by atoms with E-state index in [0.29, 0.717) is 5.56 Å². The van der Waals surface area contributed by atoms with Crippen LogP contribution in [0, 0.1) is 17.7 Å². The van der Waals surface area contributed by atoms with Crippen LogP contribution in [-0.4, -0.2) is 21.8 Å². The van der Waals surface area contributed by atoms with Crippen LogP contribution in [0.25, 0.3) is 0 Å². The van der Waals surface area contributed by atoms with Crippen LogP contribution in [0.15, 0.2) is 30.5 Å². The molecule has 1 aromatic carbocycles. The number of anilines is 1. The topological polar surface area (TPSA) is 54.9 Å². The normalized spacial score (nSPS) is 10.7. The van der Waals surface area contributed by atoms with Gasteiger partial charge in [0.2, 0.25) is 5.28 Å². The van der Waals surface area contributed by atoms with Crippen LogP contribution in [0.3, 0.4) is 0 Å². The molecule has 0 unspecified atom stereocenters. The third-order valence-electron chi connectivity index (χ3n) is 2.94. The second-order valence-corrected chi connectivity index (χ2v) is 5.02. The molecule has 1 heterocycles. The van der Waals surface area contributed by atoms with E-state index in [1.807, 2.05) is 0 Å². The number of rotatable bonds is 3. The molecule has 1 amide bonds. The van der Waals surface area contributed by atoms with E-state index in [-0.39, 0.29) is 16.7 Å². The minimum Gasteiger partial charge on any atom is -0.321 e. The summed E-state index contributed by atoms with van der Waals surface area (Å²) in [6.07, 6.45) is 0.287. The number of carbonyl (C=O) groups is 1. The van der Waals surface area contributed by atoms with E-state index in [1.54, 1.807) is 6.07 Å². The Labute approximate surface area is 141 Å². The highest BCUT2D eigenvalue weighted by Crippen LogP contribution is 2.21. The fourth-order valence-corrected chi connectivity index (χ4v) is 1.76. The number of alkyl halides is 2. The van der Waals surface area contributed by atoms with Gasteiger partial charge in [-0.15, -0.1) is 0 Å². The number of nitrogens with zero attached hydrogens (tertiary/aromatic N) is 2. The van der Waals surface area contributed by atoms with Gasteiger partial charge >= 0.3 is 5.92 Å². The lowest BCUT2D eigenvalue weighted by atomic mass is 10.2. The van der Waals surface area contributed by atoms with Crippen molar-refractivity contribution in [2.24, 2.45) is 0 Å². The van der Waals surface area contributed by atoms with Gasteiger partial charge in [-0.2, -0.15) is 8.78 Å². The number of nitrogens with one attached hydrogen (secondary N) is 1. The monoisotopic (exact) mass is 353 g/mol. The van der Waals surface area contributed by atoms with Crippen LogP contribution in [0.4, 0.5) is 18.9 Å². The minimum atomic E-state index is -3.46. The second kappa shape index (κ2) is 7.32. The van der Waals surface area contributed by atoms with Gasteiger partial charge in [0, 0.05) is 17.7 Å². The molecule has 0 aliphatic rings. The summed E-state index contributed by atoms with van der Waals surface area (Å²) in [5, 5.41) is 1.97. The van der Waals surface area contributed by atoms with Gasteiger partial charge in [0.15, 0.2) is 11.5 Å². The van der Waals surface area contributed by atoms with Gasteiger partial charge in [-0.05, 0) is 35.7 Å². The molecule has 2 aromatic rings. The van der Waals surface area contributed by atoms with Gasteiger partial charge in [-0.1, -0.05) is 18.9 Å². The Bertz CT molecular complexity index is 831. The Morgan fingerprint density at radius 3 is 2.83 bits per heavy atom. The molecule has 0 aliphatic heterocycles. The lowest BCUT2D eigenvalue weighted by molar-refractivity contribution is -0.139. The van der Waals surface area contributed by atoms with Gasteiger partial charge < -0.3 is 5.32 Å². The first-order chi connectivity index (χ1) is 11.3. The molecule has 0 spiro atoms. The van der Waals surface area contributed by atoms with Gasteiger partial charge in [0.05, 0.1) is 6.20 Å². The molecule has 1 aromatic heterocycles. The van der Waals surface area contributed by atoms with E-state index in [1.165, 1.54) is 25.1 Å². The molecule has 8 heteroatoms. The summed E-state index contributed by atoms with van der Waals surface area (Å²) < 4.78 is 40.0. The Morgan fingerprint density at radius 1 is 1.38 bits per heavy atom. The smallest absolute Gasteiger partial charge is 0.321 e. The van der Waals surface area contributed by atoms with Crippen molar-refractivity contribution >= 4 is 23.2 Å². The molecule has 0 radical (unpaired) electrons. The van der Waals surface area contributed by atoms with Crippen molar-refractivity contribution in [1.82, 2.24) is 9.97 Å². The quantitative estimate of drug-likeness (QED) is 0.677. The summed E-state index contributed by atoms with van der Waals surface area (Å²) in [6.45, 7) is 1.21. The molecule has 0 atom stereocenters. The number of aromatic nitrogens is 2. The lowest BCUT2D eigenvalue weighted by Gasteiger charge is -2.13. The Morgan fingerprint density at radius 2 is 2.12 bits per heavy atom. The van der Waals surface area contributed by atoms with Crippen molar-refractivity contribution in [2.75, 3.05) is 5.32 Å². The Kier molecular flexibility index (Phi) is 5.42. The average molecular weight is 354 g/mol. The van der Waals surface area contributed by atoms with E-state index in [9.17, 15) is 18.0 Å². The van der Waals surface area contributed by atoms with Crippen molar-refractivity contribution in [3.8, 4) is 11.8 Å². The molecular weight excluding hydrogens is 343 g/mol. The molecule has 0 aliphatic carbocycles. The second-order valence-electron chi connectivity index (χ2n) is 4.68. The number of carbonyl (C=O) groups excluding carboxylic acids is 1. The first kappa shape index (κ1) is 17.8. The minimum absolute atomic E-state index is 0.150. The number of amides is 1. The molecule has 0 saturated carbocycles. The Hall–Kier alpha value is -2.59. The zero-order valence-corrected chi connectivity index (χ0v) is 13.2. The van der Waals surface area contributed by atoms with Gasteiger partial charge in [0.25, 0.3) is 5.91 Å². The molecule has 124 valence electrons. The van der Waals surface area contributed by atoms with Gasteiger partial charge in [-0.3, -0.25) is 4.79 Å². The maximum Gasteiger partial charge on any atom is 0.324 e. The average Bonchev–Trinajstić information content (AvgIpc) is 2.56. The maximum absolute atomic E-state index is 13.5. The highest BCUT2D eigenvalue weighted by atomic mass is 35.5. The first-order valence-electron chi connectivity index (χ1n) is 6.81. The summed E-state index contributed by atoms with van der Waals surface area (Å²) in [4.78, 5) is 18.6. The largest absolute Gasteiger partial charge is 0.324 e. The third-order valence-corrected chi connectivity index (χ3v) is 3.12. The van der Waals surface area contributed by atoms with E-state index >= 15 is 0 Å². The van der Waals surface area contributed by atoms with Gasteiger partial charge in [-0.25, -0.2) is 14.4 Å². The molecule has 0 saturated heterocycles. The van der Waals surface area contributed by atoms with Gasteiger partial charge in [0.1, 0.15) is 0 Å². The van der Waals surface area contributed by atoms with Crippen LogP contribution < -0.4 is 5.32 Å². The molecule has 4 nitrogen and oxygen atoms in total. The van der Waals surface area contributed by atoms with Crippen LogP contribution >= 0.6 is 11.6 Å². The predicted octanol–water partition coefficient (Wildman–Crippen LogP) is 3.65. The number of benzene rings is 1. The molecule has 1 N–H and O–H groups in total. The van der Waals surface area contributed by atoms with Crippen LogP contribution in [0.5, 0.6) is 0 Å². The first-order valence-corrected chi connectivity index (χ1v) is 7.19. The highest BCUT2D eigenvalue weighted by Gasteiger charge is 2.36. The summed E-state index contributed by atoms with van der Waals surface area (Å²) in [5.74, 6) is -0.504. The van der Waals surface area contributed by atoms with Crippen molar-refractivity contribution in [1.29, 1.82) is 0 Å². The fourth-order valence-electron chi connectivity index (χ4n) is 1.62. The van der Waals surface area contributed by atoms with Crippen LogP contribution in [0.2, 0.25) is 5.28 Å². The van der Waals surface area contributed by atoms with Crippen molar-refractivity contribution in [3.05, 3.63) is 52.8 Å². The molecule has 2 rings (SSSR count). The summed E-state index contributed by atoms with van der Waals surface area (Å²) >= 11 is 5.56. The van der Waals surface area contributed by atoms with Crippen LogP contribution in [0.1, 0.15) is 24.6 Å². The molecule has 24 heavy (non-hydrogen) atoms. The van der Waals surface area contributed by atoms with E-state index < -0.39 is 24.1 Å². The standard InChI is InChI=1S/C16H11ClF3N3O/c1-2-16(19,20)14(24)22-11-5-3-4-10(8-11)6-7-13-12(18)9-21-15(17)23-13/h3-5,8-9H,2H2,1H3,(H,22,24). The fraction of sp³-hybridized carbons (Fsp3) is 0.188. The van der Waals surface area contributed by atoms with E-state index in [4.69, 9.17) is 11.6 Å². The lowest BCUT2D eigenvalue weighted by Crippen LogP contribution is -2.33. The SMILES string of the molecule is CCC(F)(F)C(=O)Nc1cccc(C#Cc2nc(Cl)ncc2F)c1. The van der Waals surface area contributed by atoms with Crippen molar-refractivity contribution in [2.45, 2.75) is 19.3 Å². The summed E-state index contributed by atoms with van der Waals surface area (Å²) in [7, 11) is 0. The van der Waals surface area contributed by atoms with E-state index in [2.05, 4.69) is 27.1 Å². The van der Waals surface area contributed by atoms with Crippen molar-refractivity contribution < 1.29 is 18.0 Å². The van der Waals surface area contributed by atoms with Crippen LogP contribution in [-0.2, 0) is 4.79 Å². The molecular formula is C16H11ClF3N3O. The zero-order valence-electron chi connectivity index (χ0n) is 12.4.